The second kappa shape index (κ2) is 6.20. The van der Waals surface area contributed by atoms with Gasteiger partial charge in [-0.25, -0.2) is 8.78 Å². The lowest BCUT2D eigenvalue weighted by Gasteiger charge is -2.24. The Morgan fingerprint density at radius 2 is 2.26 bits per heavy atom. The molecule has 1 fully saturated rings. The number of hydrogen-bond donors (Lipinski definition) is 2. The fourth-order valence-corrected chi connectivity index (χ4v) is 3.60. The Morgan fingerprint density at radius 3 is 2.95 bits per heavy atom. The molecule has 1 aliphatic rings. The summed E-state index contributed by atoms with van der Waals surface area (Å²) in [7, 11) is 0. The Kier molecular flexibility index (Phi) is 4.81. The van der Waals surface area contributed by atoms with Crippen LogP contribution in [-0.4, -0.2) is 28.7 Å². The van der Waals surface area contributed by atoms with Gasteiger partial charge in [0.2, 0.25) is 0 Å². The standard InChI is InChI=1S/C14H19F2NOS/c1-14(5-2-6-19-14)9-17-8-13(18)11-7-10(15)3-4-12(11)16/h3-4,7,13,17-18H,2,5-6,8-9H2,1H3. The molecule has 106 valence electrons. The molecule has 19 heavy (non-hydrogen) atoms. The molecule has 1 aliphatic heterocycles. The average Bonchev–Trinajstić information content (AvgIpc) is 2.79. The first-order chi connectivity index (χ1) is 9.00. The van der Waals surface area contributed by atoms with Crippen molar-refractivity contribution in [2.24, 2.45) is 0 Å². The van der Waals surface area contributed by atoms with E-state index in [4.69, 9.17) is 0 Å². The van der Waals surface area contributed by atoms with Crippen LogP contribution < -0.4 is 5.32 Å². The first-order valence-corrected chi connectivity index (χ1v) is 7.46. The number of aliphatic hydroxyl groups is 1. The molecule has 0 saturated carbocycles. The normalized spacial score (nSPS) is 24.6. The van der Waals surface area contributed by atoms with Crippen LogP contribution in [0.1, 0.15) is 31.4 Å². The SMILES string of the molecule is CC1(CNCC(O)c2cc(F)ccc2F)CCCS1. The number of nitrogens with one attached hydrogen (secondary N) is 1. The fourth-order valence-electron chi connectivity index (χ4n) is 2.33. The van der Waals surface area contributed by atoms with Gasteiger partial charge in [-0.15, -0.1) is 0 Å². The van der Waals surface area contributed by atoms with Gasteiger partial charge in [-0.3, -0.25) is 0 Å². The van der Waals surface area contributed by atoms with Gasteiger partial charge in [0.15, 0.2) is 0 Å². The van der Waals surface area contributed by atoms with Crippen molar-refractivity contribution < 1.29 is 13.9 Å². The zero-order chi connectivity index (χ0) is 13.9. The molecule has 1 heterocycles. The third kappa shape index (κ3) is 3.91. The predicted molar refractivity (Wildman–Crippen MR) is 74.3 cm³/mol. The van der Waals surface area contributed by atoms with Gasteiger partial charge in [0.1, 0.15) is 11.6 Å². The zero-order valence-corrected chi connectivity index (χ0v) is 11.8. The van der Waals surface area contributed by atoms with Crippen LogP contribution >= 0.6 is 11.8 Å². The molecular formula is C14H19F2NOS. The molecule has 1 aromatic carbocycles. The van der Waals surface area contributed by atoms with Crippen LogP contribution in [0.15, 0.2) is 18.2 Å². The lowest BCUT2D eigenvalue weighted by atomic mass is 10.1. The molecule has 2 rings (SSSR count). The van der Waals surface area contributed by atoms with Crippen molar-refractivity contribution in [1.29, 1.82) is 0 Å². The average molecular weight is 287 g/mol. The van der Waals surface area contributed by atoms with E-state index < -0.39 is 17.7 Å². The summed E-state index contributed by atoms with van der Waals surface area (Å²) in [4.78, 5) is 0. The monoisotopic (exact) mass is 287 g/mol. The maximum Gasteiger partial charge on any atom is 0.129 e. The van der Waals surface area contributed by atoms with E-state index in [2.05, 4.69) is 12.2 Å². The highest BCUT2D eigenvalue weighted by atomic mass is 32.2. The molecule has 2 N–H and O–H groups in total. The number of thioether (sulfide) groups is 1. The summed E-state index contributed by atoms with van der Waals surface area (Å²) in [6.07, 6.45) is 1.34. The number of benzene rings is 1. The van der Waals surface area contributed by atoms with E-state index in [0.29, 0.717) is 0 Å². The lowest BCUT2D eigenvalue weighted by Crippen LogP contribution is -2.35. The van der Waals surface area contributed by atoms with Gasteiger partial charge in [-0.1, -0.05) is 0 Å². The molecule has 2 unspecified atom stereocenters. The van der Waals surface area contributed by atoms with Crippen LogP contribution in [0, 0.1) is 11.6 Å². The minimum absolute atomic E-state index is 0.0109. The molecule has 0 bridgehead atoms. The van der Waals surface area contributed by atoms with Crippen molar-refractivity contribution in [3.8, 4) is 0 Å². The number of halogens is 2. The quantitative estimate of drug-likeness (QED) is 0.873. The Morgan fingerprint density at radius 1 is 1.47 bits per heavy atom. The van der Waals surface area contributed by atoms with Crippen molar-refractivity contribution >= 4 is 11.8 Å². The highest BCUT2D eigenvalue weighted by Gasteiger charge is 2.29. The van der Waals surface area contributed by atoms with Crippen LogP contribution in [0.4, 0.5) is 8.78 Å². The Hall–Kier alpha value is -0.650. The Labute approximate surface area is 116 Å². The van der Waals surface area contributed by atoms with Crippen molar-refractivity contribution in [2.45, 2.75) is 30.6 Å². The third-order valence-electron chi connectivity index (χ3n) is 3.45. The van der Waals surface area contributed by atoms with E-state index in [9.17, 15) is 13.9 Å². The second-order valence-corrected chi connectivity index (χ2v) is 6.90. The number of hydrogen-bond acceptors (Lipinski definition) is 3. The van der Waals surface area contributed by atoms with Gasteiger partial charge in [0.25, 0.3) is 0 Å². The molecule has 2 atom stereocenters. The smallest absolute Gasteiger partial charge is 0.129 e. The van der Waals surface area contributed by atoms with Gasteiger partial charge in [-0.05, 0) is 43.7 Å². The Bertz CT molecular complexity index is 435. The van der Waals surface area contributed by atoms with E-state index in [1.165, 1.54) is 12.2 Å². The van der Waals surface area contributed by atoms with Crippen LogP contribution in [0.25, 0.3) is 0 Å². The Balaban J connectivity index is 1.87. The molecule has 0 radical (unpaired) electrons. The van der Waals surface area contributed by atoms with Gasteiger partial charge >= 0.3 is 0 Å². The number of rotatable bonds is 5. The summed E-state index contributed by atoms with van der Waals surface area (Å²) in [5.41, 5.74) is 0.0109. The number of aliphatic hydroxyl groups excluding tert-OH is 1. The first-order valence-electron chi connectivity index (χ1n) is 6.48. The van der Waals surface area contributed by atoms with E-state index in [0.717, 1.165) is 31.2 Å². The first kappa shape index (κ1) is 14.8. The molecule has 2 nitrogen and oxygen atoms in total. The molecule has 0 spiro atoms. The van der Waals surface area contributed by atoms with Gasteiger partial charge in [0, 0.05) is 23.4 Å². The van der Waals surface area contributed by atoms with Crippen molar-refractivity contribution in [1.82, 2.24) is 5.32 Å². The minimum Gasteiger partial charge on any atom is -0.387 e. The predicted octanol–water partition coefficient (Wildman–Crippen LogP) is 2.87. The highest BCUT2D eigenvalue weighted by molar-refractivity contribution is 8.00. The second-order valence-electron chi connectivity index (χ2n) is 5.21. The molecule has 1 saturated heterocycles. The molecular weight excluding hydrogens is 268 g/mol. The van der Waals surface area contributed by atoms with Gasteiger partial charge in [0.05, 0.1) is 6.10 Å². The summed E-state index contributed by atoms with van der Waals surface area (Å²) in [5.74, 6) is 0.0603. The molecule has 5 heteroatoms. The van der Waals surface area contributed by atoms with Crippen molar-refractivity contribution in [3.63, 3.8) is 0 Å². The largest absolute Gasteiger partial charge is 0.387 e. The van der Waals surface area contributed by atoms with Gasteiger partial charge in [-0.2, -0.15) is 11.8 Å². The van der Waals surface area contributed by atoms with Crippen molar-refractivity contribution in [2.75, 3.05) is 18.8 Å². The topological polar surface area (TPSA) is 32.3 Å². The molecule has 0 aliphatic carbocycles. The summed E-state index contributed by atoms with van der Waals surface area (Å²) < 4.78 is 26.7. The van der Waals surface area contributed by atoms with Crippen LogP contribution in [0.2, 0.25) is 0 Å². The third-order valence-corrected chi connectivity index (χ3v) is 4.99. The van der Waals surface area contributed by atoms with Gasteiger partial charge < -0.3 is 10.4 Å². The van der Waals surface area contributed by atoms with E-state index in [1.54, 1.807) is 0 Å². The van der Waals surface area contributed by atoms with Crippen molar-refractivity contribution in [3.05, 3.63) is 35.4 Å². The maximum atomic E-state index is 13.5. The van der Waals surface area contributed by atoms with E-state index in [1.807, 2.05) is 11.8 Å². The summed E-state index contributed by atoms with van der Waals surface area (Å²) >= 11 is 1.92. The summed E-state index contributed by atoms with van der Waals surface area (Å²) in [6, 6.07) is 3.14. The van der Waals surface area contributed by atoms with Crippen LogP contribution in [-0.2, 0) is 0 Å². The summed E-state index contributed by atoms with van der Waals surface area (Å²) in [6.45, 7) is 3.19. The van der Waals surface area contributed by atoms with Crippen LogP contribution in [0.3, 0.4) is 0 Å². The highest BCUT2D eigenvalue weighted by Crippen LogP contribution is 2.37. The van der Waals surface area contributed by atoms with E-state index in [-0.39, 0.29) is 16.9 Å². The van der Waals surface area contributed by atoms with Crippen LogP contribution in [0.5, 0.6) is 0 Å². The molecule has 1 aromatic rings. The lowest BCUT2D eigenvalue weighted by molar-refractivity contribution is 0.168. The van der Waals surface area contributed by atoms with E-state index >= 15 is 0 Å². The summed E-state index contributed by atoms with van der Waals surface area (Å²) in [5, 5.41) is 13.1. The zero-order valence-electron chi connectivity index (χ0n) is 11.0. The minimum atomic E-state index is -1.02. The fraction of sp³-hybridized carbons (Fsp3) is 0.571. The molecule has 0 aromatic heterocycles. The molecule has 0 amide bonds. The maximum absolute atomic E-state index is 13.5.